The maximum Gasteiger partial charge on any atom is 0.408 e. The Morgan fingerprint density at radius 2 is 1.40 bits per heavy atom. The molecule has 3 aromatic carbocycles. The molecule has 7 nitrogen and oxygen atoms in total. The number of nitrogens with one attached hydrogen (secondary N) is 1. The number of hydrogen-bond acceptors (Lipinski definition) is 6. The first kappa shape index (κ1) is 25.6. The number of amides is 1. The summed E-state index contributed by atoms with van der Waals surface area (Å²) >= 11 is 0. The number of benzene rings is 3. The molecule has 0 radical (unpaired) electrons. The highest BCUT2D eigenvalue weighted by molar-refractivity contribution is 5.83. The van der Waals surface area contributed by atoms with E-state index in [1.807, 2.05) is 60.7 Å². The number of methoxy groups -OCH3 is 1. The largest absolute Gasteiger partial charge is 0.489 e. The van der Waals surface area contributed by atoms with Crippen molar-refractivity contribution in [2.75, 3.05) is 7.11 Å². The van der Waals surface area contributed by atoms with E-state index in [-0.39, 0.29) is 6.61 Å². The SMILES string of the molecule is COC(=O)[C@H](NC(=O)OC(C)(C)C)c1cc(OCc2ccccc2)ccc1OCc1ccccc1. The molecule has 0 fully saturated rings. The molecule has 0 aliphatic carbocycles. The molecular weight excluding hydrogens is 446 g/mol. The van der Waals surface area contributed by atoms with Gasteiger partial charge in [0.25, 0.3) is 0 Å². The summed E-state index contributed by atoms with van der Waals surface area (Å²) in [5.41, 5.74) is 1.61. The molecule has 0 aliphatic heterocycles. The Morgan fingerprint density at radius 1 is 0.829 bits per heavy atom. The van der Waals surface area contributed by atoms with Gasteiger partial charge >= 0.3 is 12.1 Å². The van der Waals surface area contributed by atoms with Crippen LogP contribution < -0.4 is 14.8 Å². The van der Waals surface area contributed by atoms with Gasteiger partial charge in [-0.1, -0.05) is 60.7 Å². The lowest BCUT2D eigenvalue weighted by Gasteiger charge is -2.24. The second-order valence-corrected chi connectivity index (χ2v) is 8.85. The van der Waals surface area contributed by atoms with Gasteiger partial charge in [0.15, 0.2) is 6.04 Å². The van der Waals surface area contributed by atoms with Crippen LogP contribution in [0.15, 0.2) is 78.9 Å². The Morgan fingerprint density at radius 3 is 1.94 bits per heavy atom. The standard InChI is InChI=1S/C28H31NO6/c1-28(2,3)35-27(31)29-25(26(30)32-4)23-17-22(33-18-20-11-7-5-8-12-20)15-16-24(23)34-19-21-13-9-6-10-14-21/h5-17,25H,18-19H2,1-4H3,(H,29,31)/t25-/m1/s1. The molecule has 0 saturated carbocycles. The summed E-state index contributed by atoms with van der Waals surface area (Å²) in [5, 5.41) is 2.61. The van der Waals surface area contributed by atoms with Crippen LogP contribution in [0, 0.1) is 0 Å². The Kier molecular flexibility index (Phi) is 8.73. The maximum atomic E-state index is 12.7. The van der Waals surface area contributed by atoms with Crippen LogP contribution in [0.4, 0.5) is 4.79 Å². The van der Waals surface area contributed by atoms with Crippen LogP contribution in [0.1, 0.15) is 43.5 Å². The van der Waals surface area contributed by atoms with Crippen molar-refractivity contribution in [1.82, 2.24) is 5.32 Å². The van der Waals surface area contributed by atoms with Crippen molar-refractivity contribution in [2.45, 2.75) is 45.6 Å². The number of alkyl carbamates (subject to hydrolysis) is 1. The Bertz CT molecular complexity index is 1110. The highest BCUT2D eigenvalue weighted by Gasteiger charge is 2.30. The monoisotopic (exact) mass is 477 g/mol. The van der Waals surface area contributed by atoms with Crippen molar-refractivity contribution in [3.05, 3.63) is 95.6 Å². The van der Waals surface area contributed by atoms with Crippen molar-refractivity contribution < 1.29 is 28.5 Å². The average Bonchev–Trinajstić information content (AvgIpc) is 2.85. The highest BCUT2D eigenvalue weighted by atomic mass is 16.6. The number of ether oxygens (including phenoxy) is 4. The van der Waals surface area contributed by atoms with Gasteiger partial charge in [-0.25, -0.2) is 9.59 Å². The summed E-state index contributed by atoms with van der Waals surface area (Å²) in [6.45, 7) is 5.84. The molecule has 0 bridgehead atoms. The summed E-state index contributed by atoms with van der Waals surface area (Å²) in [4.78, 5) is 25.3. The molecule has 0 unspecified atom stereocenters. The van der Waals surface area contributed by atoms with Gasteiger partial charge < -0.3 is 24.3 Å². The summed E-state index contributed by atoms with van der Waals surface area (Å²) in [6, 6.07) is 23.3. The van der Waals surface area contributed by atoms with Gasteiger partial charge in [0.05, 0.1) is 7.11 Å². The zero-order chi connectivity index (χ0) is 25.3. The molecule has 3 rings (SSSR count). The van der Waals surface area contributed by atoms with Crippen LogP contribution in [0.3, 0.4) is 0 Å². The molecule has 0 aromatic heterocycles. The minimum Gasteiger partial charge on any atom is -0.489 e. The molecule has 1 amide bonds. The quantitative estimate of drug-likeness (QED) is 0.405. The summed E-state index contributed by atoms with van der Waals surface area (Å²) in [5.74, 6) is 0.254. The first-order valence-electron chi connectivity index (χ1n) is 11.3. The predicted octanol–water partition coefficient (Wildman–Crippen LogP) is 5.58. The van der Waals surface area contributed by atoms with E-state index in [9.17, 15) is 9.59 Å². The van der Waals surface area contributed by atoms with Gasteiger partial charge in [0.1, 0.15) is 30.3 Å². The molecule has 7 heteroatoms. The second-order valence-electron chi connectivity index (χ2n) is 8.85. The van der Waals surface area contributed by atoms with Crippen LogP contribution in [-0.2, 0) is 27.5 Å². The first-order chi connectivity index (χ1) is 16.7. The first-order valence-corrected chi connectivity index (χ1v) is 11.3. The van der Waals surface area contributed by atoms with E-state index in [0.717, 1.165) is 11.1 Å². The average molecular weight is 478 g/mol. The summed E-state index contributed by atoms with van der Waals surface area (Å²) in [6.07, 6.45) is -0.752. The fourth-order valence-electron chi connectivity index (χ4n) is 3.26. The highest BCUT2D eigenvalue weighted by Crippen LogP contribution is 2.32. The van der Waals surface area contributed by atoms with Crippen LogP contribution in [0.25, 0.3) is 0 Å². The van der Waals surface area contributed by atoms with E-state index in [4.69, 9.17) is 18.9 Å². The molecule has 184 valence electrons. The van der Waals surface area contributed by atoms with Crippen molar-refractivity contribution in [3.63, 3.8) is 0 Å². The molecule has 0 aliphatic rings. The van der Waals surface area contributed by atoms with E-state index < -0.39 is 23.7 Å². The molecule has 0 saturated heterocycles. The normalized spacial score (nSPS) is 11.8. The minimum absolute atomic E-state index is 0.276. The molecule has 0 spiro atoms. The molecule has 3 aromatic rings. The van der Waals surface area contributed by atoms with Gasteiger partial charge in [-0.15, -0.1) is 0 Å². The lowest BCUT2D eigenvalue weighted by Crippen LogP contribution is -2.38. The van der Waals surface area contributed by atoms with Crippen molar-refractivity contribution in [1.29, 1.82) is 0 Å². The zero-order valence-electron chi connectivity index (χ0n) is 20.4. The molecular formula is C28H31NO6. The number of carbonyl (C=O) groups is 2. The van der Waals surface area contributed by atoms with Gasteiger partial charge in [-0.05, 0) is 50.1 Å². The van der Waals surface area contributed by atoms with Crippen LogP contribution in [-0.4, -0.2) is 24.8 Å². The Labute approximate surface area is 206 Å². The van der Waals surface area contributed by atoms with Gasteiger partial charge in [-0.2, -0.15) is 0 Å². The van der Waals surface area contributed by atoms with E-state index in [0.29, 0.717) is 23.7 Å². The number of rotatable bonds is 9. The summed E-state index contributed by atoms with van der Waals surface area (Å²) < 4.78 is 22.3. The second kappa shape index (κ2) is 11.9. The molecule has 0 heterocycles. The predicted molar refractivity (Wildman–Crippen MR) is 132 cm³/mol. The lowest BCUT2D eigenvalue weighted by atomic mass is 10.0. The van der Waals surface area contributed by atoms with Crippen LogP contribution in [0.2, 0.25) is 0 Å². The summed E-state index contributed by atoms with van der Waals surface area (Å²) in [7, 11) is 1.26. The fraction of sp³-hybridized carbons (Fsp3) is 0.286. The Balaban J connectivity index is 1.90. The minimum atomic E-state index is -1.17. The van der Waals surface area contributed by atoms with Gasteiger partial charge in [0.2, 0.25) is 0 Å². The van der Waals surface area contributed by atoms with E-state index in [1.54, 1.807) is 39.0 Å². The smallest absolute Gasteiger partial charge is 0.408 e. The van der Waals surface area contributed by atoms with Crippen LogP contribution >= 0.6 is 0 Å². The van der Waals surface area contributed by atoms with E-state index in [1.165, 1.54) is 7.11 Å². The van der Waals surface area contributed by atoms with Crippen molar-refractivity contribution >= 4 is 12.1 Å². The topological polar surface area (TPSA) is 83.1 Å². The molecule has 35 heavy (non-hydrogen) atoms. The number of esters is 1. The van der Waals surface area contributed by atoms with Gasteiger partial charge in [0, 0.05) is 5.56 Å². The third kappa shape index (κ3) is 8.07. The van der Waals surface area contributed by atoms with E-state index >= 15 is 0 Å². The van der Waals surface area contributed by atoms with Crippen molar-refractivity contribution in [2.24, 2.45) is 0 Å². The lowest BCUT2D eigenvalue weighted by molar-refractivity contribution is -0.143. The Hall–Kier alpha value is -4.00. The number of hydrogen-bond donors (Lipinski definition) is 1. The molecule has 1 atom stereocenters. The third-order valence-electron chi connectivity index (χ3n) is 4.88. The number of carbonyl (C=O) groups excluding carboxylic acids is 2. The van der Waals surface area contributed by atoms with Crippen molar-refractivity contribution in [3.8, 4) is 11.5 Å². The third-order valence-corrected chi connectivity index (χ3v) is 4.88. The molecule has 1 N–H and O–H groups in total. The van der Waals surface area contributed by atoms with Gasteiger partial charge in [-0.3, -0.25) is 0 Å². The maximum absolute atomic E-state index is 12.7. The van der Waals surface area contributed by atoms with E-state index in [2.05, 4.69) is 5.32 Å². The van der Waals surface area contributed by atoms with Crippen LogP contribution in [0.5, 0.6) is 11.5 Å². The zero-order valence-corrected chi connectivity index (χ0v) is 20.4. The fourth-order valence-corrected chi connectivity index (χ4v) is 3.26.